The largest absolute Gasteiger partial charge is 0.507 e. The van der Waals surface area contributed by atoms with E-state index in [4.69, 9.17) is 9.97 Å². The van der Waals surface area contributed by atoms with Crippen LogP contribution < -0.4 is 0 Å². The molecule has 0 aliphatic heterocycles. The number of pyridine rings is 1. The number of aromatic hydroxyl groups is 1. The normalized spacial score (nSPS) is 11.6. The molecule has 0 aliphatic carbocycles. The third-order valence-electron chi connectivity index (χ3n) is 12.1. The van der Waals surface area contributed by atoms with E-state index in [0.29, 0.717) is 11.4 Å². The molecule has 0 saturated heterocycles. The smallest absolute Gasteiger partial charge is 0.148 e. The van der Waals surface area contributed by atoms with E-state index in [9.17, 15) is 5.11 Å². The fraction of sp³-hybridized carbons (Fsp3) is 0.0690. The molecule has 0 aliphatic rings. The van der Waals surface area contributed by atoms with Crippen molar-refractivity contribution < 1.29 is 26.2 Å². The van der Waals surface area contributed by atoms with Gasteiger partial charge < -0.3 is 9.67 Å². The molecule has 11 aromatic rings. The summed E-state index contributed by atoms with van der Waals surface area (Å²) in [6.45, 7) is 6.73. The third-order valence-corrected chi connectivity index (χ3v) is 12.1. The van der Waals surface area contributed by atoms with Gasteiger partial charge in [-0.05, 0) is 76.7 Å². The molecule has 1 N–H and O–H groups in total. The molecule has 0 unspecified atom stereocenters. The van der Waals surface area contributed by atoms with Crippen LogP contribution >= 0.6 is 0 Å². The Morgan fingerprint density at radius 1 is 0.516 bits per heavy atom. The summed E-state index contributed by atoms with van der Waals surface area (Å²) in [6, 6.07) is 71.1. The molecule has 0 radical (unpaired) electrons. The fourth-order valence-corrected chi connectivity index (χ4v) is 9.06. The molecule has 0 spiro atoms. The van der Waals surface area contributed by atoms with Gasteiger partial charge in [0.25, 0.3) is 0 Å². The number of aromatic nitrogens is 4. The van der Waals surface area contributed by atoms with Gasteiger partial charge in [0.2, 0.25) is 0 Å². The first-order chi connectivity index (χ1) is 30.8. The van der Waals surface area contributed by atoms with Crippen molar-refractivity contribution in [3.63, 3.8) is 0 Å². The van der Waals surface area contributed by atoms with Crippen molar-refractivity contribution in [2.24, 2.45) is 0 Å². The number of para-hydroxylation sites is 4. The Hall–Kier alpha value is -7.33. The number of imidazole rings is 1. The van der Waals surface area contributed by atoms with Crippen LogP contribution in [0.15, 0.2) is 200 Å². The fourth-order valence-electron chi connectivity index (χ4n) is 9.06. The van der Waals surface area contributed by atoms with Crippen LogP contribution in [0.5, 0.6) is 5.75 Å². The Kier molecular flexibility index (Phi) is 10.4. The first-order valence-corrected chi connectivity index (χ1v) is 21.4. The minimum Gasteiger partial charge on any atom is -0.507 e. The maximum Gasteiger partial charge on any atom is 0.148 e. The Morgan fingerprint density at radius 3 is 1.91 bits per heavy atom. The summed E-state index contributed by atoms with van der Waals surface area (Å²) in [5.74, 6) is 0.813. The molecule has 0 atom stereocenters. The topological polar surface area (TPSA) is 55.9 Å². The maximum absolute atomic E-state index is 11.5. The second-order valence-electron chi connectivity index (χ2n) is 17.1. The van der Waals surface area contributed by atoms with E-state index in [-0.39, 0.29) is 32.2 Å². The van der Waals surface area contributed by atoms with E-state index < -0.39 is 0 Å². The number of rotatable bonds is 7. The molecule has 64 heavy (non-hydrogen) atoms. The second-order valence-corrected chi connectivity index (χ2v) is 17.1. The monoisotopic (exact) mass is 1010 g/mol. The van der Waals surface area contributed by atoms with Gasteiger partial charge in [0, 0.05) is 55.0 Å². The van der Waals surface area contributed by atoms with Gasteiger partial charge in [-0.2, -0.15) is 0 Å². The van der Waals surface area contributed by atoms with Crippen molar-refractivity contribution in [3.05, 3.63) is 212 Å². The van der Waals surface area contributed by atoms with E-state index in [1.807, 2.05) is 30.5 Å². The molecule has 0 amide bonds. The third kappa shape index (κ3) is 7.03. The predicted molar refractivity (Wildman–Crippen MR) is 260 cm³/mol. The average molecular weight is 1010 g/mol. The van der Waals surface area contributed by atoms with Gasteiger partial charge in [0.15, 0.2) is 0 Å². The first kappa shape index (κ1) is 40.7. The minimum atomic E-state index is -0.0697. The molecule has 3 aromatic heterocycles. The van der Waals surface area contributed by atoms with E-state index in [1.165, 1.54) is 5.56 Å². The summed E-state index contributed by atoms with van der Waals surface area (Å²) in [6.07, 6.45) is 1.91. The molecule has 8 aromatic carbocycles. The molecule has 5 nitrogen and oxygen atoms in total. The molecule has 0 bridgehead atoms. The Morgan fingerprint density at radius 2 is 1.16 bits per heavy atom. The summed E-state index contributed by atoms with van der Waals surface area (Å²) in [7, 11) is 0. The summed E-state index contributed by atoms with van der Waals surface area (Å²) >= 11 is 0. The number of benzene rings is 8. The number of phenolic OH excluding ortho intramolecular Hbond substituents is 1. The van der Waals surface area contributed by atoms with E-state index in [1.54, 1.807) is 6.07 Å². The molecular formula is C58H43N4OPt-. The number of nitrogens with zero attached hydrogens (tertiary/aromatic N) is 4. The zero-order valence-corrected chi connectivity index (χ0v) is 37.9. The van der Waals surface area contributed by atoms with E-state index >= 15 is 0 Å². The maximum atomic E-state index is 11.5. The van der Waals surface area contributed by atoms with Crippen molar-refractivity contribution in [3.8, 4) is 73.2 Å². The summed E-state index contributed by atoms with van der Waals surface area (Å²) in [4.78, 5) is 10.6. The van der Waals surface area contributed by atoms with E-state index in [2.05, 4.69) is 200 Å². The van der Waals surface area contributed by atoms with Crippen molar-refractivity contribution in [2.45, 2.75) is 26.2 Å². The zero-order valence-electron chi connectivity index (χ0n) is 35.6. The molecule has 6 heteroatoms. The average Bonchev–Trinajstić information content (AvgIpc) is 3.88. The van der Waals surface area contributed by atoms with Gasteiger partial charge in [0.1, 0.15) is 11.6 Å². The van der Waals surface area contributed by atoms with Crippen molar-refractivity contribution in [1.82, 2.24) is 19.1 Å². The van der Waals surface area contributed by atoms with Gasteiger partial charge in [-0.15, -0.1) is 23.8 Å². The van der Waals surface area contributed by atoms with Gasteiger partial charge in [-0.1, -0.05) is 165 Å². The van der Waals surface area contributed by atoms with E-state index in [0.717, 1.165) is 88.9 Å². The molecule has 11 rings (SSSR count). The zero-order chi connectivity index (χ0) is 42.7. The number of fused-ring (bicyclic) bond motifs is 4. The molecular weight excluding hydrogens is 964 g/mol. The minimum absolute atomic E-state index is 0. The van der Waals surface area contributed by atoms with Gasteiger partial charge >= 0.3 is 0 Å². The van der Waals surface area contributed by atoms with Crippen LogP contribution in [0.3, 0.4) is 0 Å². The number of hydrogen-bond acceptors (Lipinski definition) is 3. The standard InChI is InChI=1S/C58H43N4O.Pt/c1-58(2,3)43-30-31-50(48(37-43)39-20-9-5-10-21-39)62-52-28-17-26-45(56(52)60-57(62)47-25-14-16-29-53(47)63)41-34-40(38-18-7-4-8-19-38)35-42(36-41)55-54-46-24-13-15-27-49(46)61(51(54)32-33-59-55)44-22-11-6-12-23-44;/h4-35,37,63H,1-3H3;/q-1;. The van der Waals surface area contributed by atoms with Gasteiger partial charge in [-0.3, -0.25) is 9.55 Å². The van der Waals surface area contributed by atoms with Crippen LogP contribution in [-0.2, 0) is 26.5 Å². The number of hydrogen-bond donors (Lipinski definition) is 1. The van der Waals surface area contributed by atoms with Crippen LogP contribution in [0.25, 0.3) is 100 Å². The Balaban J connectivity index is 0.00000484. The van der Waals surface area contributed by atoms with Crippen LogP contribution in [0.2, 0.25) is 0 Å². The Bertz CT molecular complexity index is 3490. The molecule has 3 heterocycles. The first-order valence-electron chi connectivity index (χ1n) is 21.4. The SMILES string of the molecule is CC(C)(C)c1ccc(-n2c(-c3ccccc3O)nc3c(-c4[c-]c(-c5nccc6c5c5ccccc5n6-c5ccccc5)cc(-c5ccccc5)c4)cccc32)c(-c2ccccc2)c1.[Pt]. The molecule has 0 fully saturated rings. The van der Waals surface area contributed by atoms with Gasteiger partial charge in [-0.25, -0.2) is 4.98 Å². The van der Waals surface area contributed by atoms with Crippen molar-refractivity contribution in [2.75, 3.05) is 0 Å². The Labute approximate surface area is 387 Å². The summed E-state index contributed by atoms with van der Waals surface area (Å²) < 4.78 is 4.54. The second kappa shape index (κ2) is 16.4. The van der Waals surface area contributed by atoms with Gasteiger partial charge in [0.05, 0.1) is 33.3 Å². The molecule has 0 saturated carbocycles. The van der Waals surface area contributed by atoms with Crippen molar-refractivity contribution >= 4 is 32.8 Å². The van der Waals surface area contributed by atoms with Crippen molar-refractivity contribution in [1.29, 1.82) is 0 Å². The number of phenols is 1. The predicted octanol–water partition coefficient (Wildman–Crippen LogP) is 14.7. The summed E-state index contributed by atoms with van der Waals surface area (Å²) in [5.41, 5.74) is 15.7. The van der Waals surface area contributed by atoms with Crippen LogP contribution in [0.4, 0.5) is 0 Å². The van der Waals surface area contributed by atoms with Crippen LogP contribution in [0.1, 0.15) is 26.3 Å². The summed E-state index contributed by atoms with van der Waals surface area (Å²) in [5, 5.41) is 13.7. The van der Waals surface area contributed by atoms with Crippen LogP contribution in [0, 0.1) is 6.07 Å². The molecule has 312 valence electrons. The van der Waals surface area contributed by atoms with Crippen LogP contribution in [-0.4, -0.2) is 24.2 Å². The quantitative estimate of drug-likeness (QED) is 0.162.